The molecule has 0 amide bonds. The molecule has 6 heteroatoms. The molecule has 5 nitrogen and oxygen atoms in total. The summed E-state index contributed by atoms with van der Waals surface area (Å²) in [4.78, 5) is 13.6. The summed E-state index contributed by atoms with van der Waals surface area (Å²) in [5.41, 5.74) is 4.54. The first-order valence-electron chi connectivity index (χ1n) is 8.72. The van der Waals surface area contributed by atoms with Crippen LogP contribution < -0.4 is 5.32 Å². The SMILES string of the molecule is CCOC(=O)CCN(Cc1ccco1)C(=S)Nc1cc(C)c(C)cc1C. The predicted molar refractivity (Wildman–Crippen MR) is 107 cm³/mol. The molecular formula is C20H26N2O3S. The number of hydrogen-bond donors (Lipinski definition) is 1. The van der Waals surface area contributed by atoms with Gasteiger partial charge in [-0.25, -0.2) is 0 Å². The molecule has 0 spiro atoms. The molecule has 0 atom stereocenters. The molecule has 1 heterocycles. The third-order valence-electron chi connectivity index (χ3n) is 4.19. The van der Waals surface area contributed by atoms with Gasteiger partial charge in [0.1, 0.15) is 5.76 Å². The van der Waals surface area contributed by atoms with Crippen molar-refractivity contribution in [1.29, 1.82) is 0 Å². The van der Waals surface area contributed by atoms with E-state index in [1.165, 1.54) is 11.1 Å². The van der Waals surface area contributed by atoms with Crippen LogP contribution in [-0.2, 0) is 16.1 Å². The van der Waals surface area contributed by atoms with Crippen molar-refractivity contribution in [2.45, 2.75) is 40.7 Å². The van der Waals surface area contributed by atoms with Crippen LogP contribution in [0.2, 0.25) is 0 Å². The molecule has 140 valence electrons. The molecule has 0 aliphatic carbocycles. The molecule has 0 aliphatic heterocycles. The second-order valence-electron chi connectivity index (χ2n) is 6.24. The van der Waals surface area contributed by atoms with Crippen molar-refractivity contribution in [2.75, 3.05) is 18.5 Å². The first kappa shape index (κ1) is 20.0. The zero-order valence-corrected chi connectivity index (χ0v) is 16.6. The van der Waals surface area contributed by atoms with E-state index < -0.39 is 0 Å². The Morgan fingerprint density at radius 3 is 2.62 bits per heavy atom. The number of nitrogens with zero attached hydrogens (tertiary/aromatic N) is 1. The number of benzene rings is 1. The monoisotopic (exact) mass is 374 g/mol. The minimum Gasteiger partial charge on any atom is -0.467 e. The largest absolute Gasteiger partial charge is 0.467 e. The van der Waals surface area contributed by atoms with E-state index in [2.05, 4.69) is 31.3 Å². The molecule has 0 unspecified atom stereocenters. The van der Waals surface area contributed by atoms with E-state index in [1.807, 2.05) is 24.0 Å². The van der Waals surface area contributed by atoms with Crippen molar-refractivity contribution in [3.05, 3.63) is 53.0 Å². The molecule has 1 aromatic heterocycles. The Bertz CT molecular complexity index is 757. The molecule has 1 aromatic carbocycles. The van der Waals surface area contributed by atoms with Gasteiger partial charge in [0.25, 0.3) is 0 Å². The second-order valence-corrected chi connectivity index (χ2v) is 6.62. The van der Waals surface area contributed by atoms with Gasteiger partial charge in [0.15, 0.2) is 5.11 Å². The van der Waals surface area contributed by atoms with E-state index in [0.29, 0.717) is 24.8 Å². The third kappa shape index (κ3) is 5.59. The van der Waals surface area contributed by atoms with Gasteiger partial charge in [0, 0.05) is 12.2 Å². The predicted octanol–water partition coefficient (Wildman–Crippen LogP) is 4.36. The van der Waals surface area contributed by atoms with Crippen molar-refractivity contribution >= 4 is 29.0 Å². The molecule has 0 fully saturated rings. The van der Waals surface area contributed by atoms with E-state index in [-0.39, 0.29) is 12.4 Å². The van der Waals surface area contributed by atoms with Gasteiger partial charge < -0.3 is 19.4 Å². The van der Waals surface area contributed by atoms with E-state index in [1.54, 1.807) is 13.2 Å². The number of ether oxygens (including phenoxy) is 1. The fourth-order valence-electron chi connectivity index (χ4n) is 2.59. The molecule has 0 aliphatic rings. The lowest BCUT2D eigenvalue weighted by molar-refractivity contribution is -0.143. The van der Waals surface area contributed by atoms with Crippen LogP contribution in [0.15, 0.2) is 34.9 Å². The zero-order chi connectivity index (χ0) is 19.1. The van der Waals surface area contributed by atoms with Gasteiger partial charge in [-0.05, 0) is 74.8 Å². The first-order valence-corrected chi connectivity index (χ1v) is 9.13. The molecular weight excluding hydrogens is 348 g/mol. The highest BCUT2D eigenvalue weighted by Gasteiger charge is 2.15. The van der Waals surface area contributed by atoms with Gasteiger partial charge in [0.2, 0.25) is 0 Å². The highest BCUT2D eigenvalue weighted by Crippen LogP contribution is 2.21. The zero-order valence-electron chi connectivity index (χ0n) is 15.8. The quantitative estimate of drug-likeness (QED) is 0.574. The Morgan fingerprint density at radius 1 is 1.23 bits per heavy atom. The summed E-state index contributed by atoms with van der Waals surface area (Å²) >= 11 is 5.60. The highest BCUT2D eigenvalue weighted by atomic mass is 32.1. The van der Waals surface area contributed by atoms with Crippen LogP contribution in [0.3, 0.4) is 0 Å². The maximum absolute atomic E-state index is 11.7. The normalized spacial score (nSPS) is 10.5. The molecule has 0 saturated heterocycles. The first-order chi connectivity index (χ1) is 12.4. The van der Waals surface area contributed by atoms with Crippen molar-refractivity contribution in [2.24, 2.45) is 0 Å². The lowest BCUT2D eigenvalue weighted by Gasteiger charge is -2.25. The van der Waals surface area contributed by atoms with E-state index in [4.69, 9.17) is 21.4 Å². The summed E-state index contributed by atoms with van der Waals surface area (Å²) in [6, 6.07) is 7.95. The van der Waals surface area contributed by atoms with Crippen molar-refractivity contribution in [3.8, 4) is 0 Å². The van der Waals surface area contributed by atoms with Crippen LogP contribution in [0.1, 0.15) is 35.8 Å². The lowest BCUT2D eigenvalue weighted by atomic mass is 10.1. The number of carbonyl (C=O) groups excluding carboxylic acids is 1. The minimum atomic E-state index is -0.234. The number of hydrogen-bond acceptors (Lipinski definition) is 4. The average molecular weight is 375 g/mol. The van der Waals surface area contributed by atoms with Gasteiger partial charge in [-0.15, -0.1) is 0 Å². The fraction of sp³-hybridized carbons (Fsp3) is 0.400. The molecule has 2 aromatic rings. The number of carbonyl (C=O) groups is 1. The van der Waals surface area contributed by atoms with E-state index >= 15 is 0 Å². The van der Waals surface area contributed by atoms with Crippen LogP contribution in [0.4, 0.5) is 5.69 Å². The number of furan rings is 1. The molecule has 1 N–H and O–H groups in total. The van der Waals surface area contributed by atoms with Crippen LogP contribution >= 0.6 is 12.2 Å². The summed E-state index contributed by atoms with van der Waals surface area (Å²) in [6.07, 6.45) is 1.89. The summed E-state index contributed by atoms with van der Waals surface area (Å²) in [6.45, 7) is 9.33. The number of aryl methyl sites for hydroxylation is 3. The smallest absolute Gasteiger partial charge is 0.307 e. The molecule has 0 bridgehead atoms. The Morgan fingerprint density at radius 2 is 1.96 bits per heavy atom. The number of esters is 1. The topological polar surface area (TPSA) is 54.7 Å². The van der Waals surface area contributed by atoms with Crippen LogP contribution in [0.25, 0.3) is 0 Å². The average Bonchev–Trinajstić information content (AvgIpc) is 3.09. The lowest BCUT2D eigenvalue weighted by Crippen LogP contribution is -2.36. The van der Waals surface area contributed by atoms with Gasteiger partial charge in [-0.1, -0.05) is 6.07 Å². The van der Waals surface area contributed by atoms with Crippen LogP contribution in [-0.4, -0.2) is 29.1 Å². The Hall–Kier alpha value is -2.34. The van der Waals surface area contributed by atoms with Gasteiger partial charge in [0.05, 0.1) is 25.8 Å². The summed E-state index contributed by atoms with van der Waals surface area (Å²) in [5, 5.41) is 3.86. The van der Waals surface area contributed by atoms with Gasteiger partial charge in [-0.3, -0.25) is 4.79 Å². The van der Waals surface area contributed by atoms with Crippen molar-refractivity contribution < 1.29 is 13.9 Å². The Balaban J connectivity index is 2.11. The Kier molecular flexibility index (Phi) is 7.21. The standard InChI is InChI=1S/C20H26N2O3S/c1-5-24-19(23)8-9-22(13-17-7-6-10-25-17)20(26)21-18-12-15(3)14(2)11-16(18)4/h6-7,10-12H,5,8-9,13H2,1-4H3,(H,21,26). The number of rotatable bonds is 7. The highest BCUT2D eigenvalue weighted by molar-refractivity contribution is 7.80. The van der Waals surface area contributed by atoms with Crippen LogP contribution in [0.5, 0.6) is 0 Å². The number of thiocarbonyl (C=S) groups is 1. The molecule has 26 heavy (non-hydrogen) atoms. The summed E-state index contributed by atoms with van der Waals surface area (Å²) in [5.74, 6) is 0.553. The molecule has 0 saturated carbocycles. The maximum atomic E-state index is 11.7. The maximum Gasteiger partial charge on any atom is 0.307 e. The minimum absolute atomic E-state index is 0.234. The van der Waals surface area contributed by atoms with Crippen molar-refractivity contribution in [3.63, 3.8) is 0 Å². The summed E-state index contributed by atoms with van der Waals surface area (Å²) in [7, 11) is 0. The van der Waals surface area contributed by atoms with Gasteiger partial charge >= 0.3 is 5.97 Å². The molecule has 0 radical (unpaired) electrons. The molecule has 2 rings (SSSR count). The van der Waals surface area contributed by atoms with Crippen molar-refractivity contribution in [1.82, 2.24) is 4.90 Å². The number of anilines is 1. The third-order valence-corrected chi connectivity index (χ3v) is 4.55. The van der Waals surface area contributed by atoms with Crippen LogP contribution in [0, 0.1) is 20.8 Å². The fourth-order valence-corrected chi connectivity index (χ4v) is 2.86. The summed E-state index contributed by atoms with van der Waals surface area (Å²) < 4.78 is 10.5. The van der Waals surface area contributed by atoms with Gasteiger partial charge in [-0.2, -0.15) is 0 Å². The Labute approximate surface area is 160 Å². The van der Waals surface area contributed by atoms with E-state index in [0.717, 1.165) is 17.0 Å². The second kappa shape index (κ2) is 9.38. The number of nitrogens with one attached hydrogen (secondary N) is 1. The van der Waals surface area contributed by atoms with E-state index in [9.17, 15) is 4.79 Å².